The van der Waals surface area contributed by atoms with Crippen LogP contribution in [0.4, 0.5) is 0 Å². The number of carbonyl (C=O) groups excluding carboxylic acids is 1. The number of nitrogens with one attached hydrogen (secondary N) is 2. The van der Waals surface area contributed by atoms with Crippen LogP contribution in [0.5, 0.6) is 0 Å². The van der Waals surface area contributed by atoms with Gasteiger partial charge in [0.2, 0.25) is 5.91 Å². The molecule has 4 nitrogen and oxygen atoms in total. The molecule has 2 heterocycles. The zero-order valence-electron chi connectivity index (χ0n) is 15.9. The van der Waals surface area contributed by atoms with Crippen LogP contribution >= 0.6 is 0 Å². The van der Waals surface area contributed by atoms with Crippen molar-refractivity contribution in [2.24, 2.45) is 11.8 Å². The summed E-state index contributed by atoms with van der Waals surface area (Å²) in [5.41, 5.74) is 8.42. The topological polar surface area (TPSA) is 44.4 Å². The lowest BCUT2D eigenvalue weighted by Crippen LogP contribution is -2.50. The van der Waals surface area contributed by atoms with Gasteiger partial charge < -0.3 is 4.90 Å². The maximum Gasteiger partial charge on any atom is 0.225 e. The molecule has 2 N–H and O–H groups in total. The van der Waals surface area contributed by atoms with E-state index in [0.29, 0.717) is 29.7 Å². The van der Waals surface area contributed by atoms with E-state index in [2.05, 4.69) is 58.2 Å². The zero-order chi connectivity index (χ0) is 18.2. The highest BCUT2D eigenvalue weighted by Crippen LogP contribution is 2.36. The van der Waals surface area contributed by atoms with Gasteiger partial charge in [0.15, 0.2) is 0 Å². The van der Waals surface area contributed by atoms with E-state index in [-0.39, 0.29) is 0 Å². The van der Waals surface area contributed by atoms with Gasteiger partial charge >= 0.3 is 0 Å². The second-order valence-electron chi connectivity index (χ2n) is 8.54. The van der Waals surface area contributed by atoms with E-state index in [0.717, 1.165) is 38.9 Å². The van der Waals surface area contributed by atoms with Crippen molar-refractivity contribution in [1.82, 2.24) is 15.8 Å². The van der Waals surface area contributed by atoms with E-state index in [4.69, 9.17) is 0 Å². The first-order valence-corrected chi connectivity index (χ1v) is 10.6. The highest BCUT2D eigenvalue weighted by molar-refractivity contribution is 5.86. The average Bonchev–Trinajstić information content (AvgIpc) is 3.16. The lowest BCUT2D eigenvalue weighted by Gasteiger charge is -2.40. The van der Waals surface area contributed by atoms with Gasteiger partial charge in [-0.3, -0.25) is 15.6 Å². The fraction of sp³-hybridized carbons (Fsp3) is 0.522. The molecule has 0 aromatic heterocycles. The number of nitrogens with zero attached hydrogens (tertiary/aromatic N) is 1. The number of hydrogen-bond donors (Lipinski definition) is 2. The quantitative estimate of drug-likeness (QED) is 0.878. The molecule has 3 atom stereocenters. The molecule has 4 heteroatoms. The summed E-state index contributed by atoms with van der Waals surface area (Å²) in [7, 11) is 0. The molecule has 3 fully saturated rings. The first-order chi connectivity index (χ1) is 13.3. The third kappa shape index (κ3) is 3.15. The number of fused-ring (bicyclic) bond motifs is 1. The Kier molecular flexibility index (Phi) is 4.62. The Balaban J connectivity index is 1.38. The number of piperidine rings is 1. The number of rotatable bonds is 3. The molecule has 2 aliphatic heterocycles. The van der Waals surface area contributed by atoms with Crippen LogP contribution in [0, 0.1) is 11.8 Å². The van der Waals surface area contributed by atoms with Crippen molar-refractivity contribution in [3.05, 3.63) is 48.0 Å². The number of hydrazine groups is 1. The Hall–Kier alpha value is -1.91. The van der Waals surface area contributed by atoms with E-state index in [1.54, 1.807) is 0 Å². The fourth-order valence-corrected chi connectivity index (χ4v) is 5.25. The molecular formula is C23H29N3O. The lowest BCUT2D eigenvalue weighted by molar-refractivity contribution is -0.140. The highest BCUT2D eigenvalue weighted by atomic mass is 16.2. The van der Waals surface area contributed by atoms with Gasteiger partial charge in [-0.25, -0.2) is 0 Å². The largest absolute Gasteiger partial charge is 0.342 e. The predicted molar refractivity (Wildman–Crippen MR) is 108 cm³/mol. The molecule has 2 aromatic carbocycles. The number of carbonyl (C=O) groups is 1. The summed E-state index contributed by atoms with van der Waals surface area (Å²) in [6, 6.07) is 15.7. The van der Waals surface area contributed by atoms with Crippen LogP contribution in [0.3, 0.4) is 0 Å². The first-order valence-electron chi connectivity index (χ1n) is 10.6. The van der Waals surface area contributed by atoms with Crippen molar-refractivity contribution in [3.63, 3.8) is 0 Å². The minimum Gasteiger partial charge on any atom is -0.342 e. The predicted octanol–water partition coefficient (Wildman–Crippen LogP) is 3.44. The summed E-state index contributed by atoms with van der Waals surface area (Å²) in [5.74, 6) is 1.69. The van der Waals surface area contributed by atoms with Crippen LogP contribution in [0.2, 0.25) is 0 Å². The van der Waals surface area contributed by atoms with Gasteiger partial charge in [-0.1, -0.05) is 48.9 Å². The van der Waals surface area contributed by atoms with E-state index in [1.807, 2.05) is 0 Å². The average molecular weight is 364 g/mol. The van der Waals surface area contributed by atoms with Gasteiger partial charge in [-0.15, -0.1) is 0 Å². The van der Waals surface area contributed by atoms with E-state index in [1.165, 1.54) is 29.2 Å². The molecule has 1 saturated carbocycles. The van der Waals surface area contributed by atoms with Crippen molar-refractivity contribution in [3.8, 4) is 0 Å². The molecule has 0 bridgehead atoms. The van der Waals surface area contributed by atoms with Crippen molar-refractivity contribution < 1.29 is 4.79 Å². The minimum absolute atomic E-state index is 0.312. The van der Waals surface area contributed by atoms with E-state index in [9.17, 15) is 4.79 Å². The molecule has 0 radical (unpaired) electrons. The summed E-state index contributed by atoms with van der Waals surface area (Å²) in [4.78, 5) is 14.9. The maximum absolute atomic E-state index is 12.8. The van der Waals surface area contributed by atoms with Crippen molar-refractivity contribution in [1.29, 1.82) is 0 Å². The standard InChI is InChI=1S/C23H29N3O/c27-23(17-8-3-9-17)26-13-5-10-18(15-26)22-21(14-24-25-22)20-12-4-7-16-6-1-2-11-19(16)20/h1-2,4,6-7,11-12,17-18,21-22,24-25H,3,5,8-10,13-15H2. The van der Waals surface area contributed by atoms with Gasteiger partial charge in [-0.05, 0) is 47.9 Å². The molecule has 27 heavy (non-hydrogen) atoms. The second-order valence-corrected chi connectivity index (χ2v) is 8.54. The van der Waals surface area contributed by atoms with Crippen LogP contribution in [0.1, 0.15) is 43.6 Å². The molecule has 1 amide bonds. The van der Waals surface area contributed by atoms with E-state index >= 15 is 0 Å². The number of hydrogen-bond acceptors (Lipinski definition) is 3. The van der Waals surface area contributed by atoms with Gasteiger partial charge in [0.25, 0.3) is 0 Å². The Bertz CT molecular complexity index is 826. The summed E-state index contributed by atoms with van der Waals surface area (Å²) >= 11 is 0. The SMILES string of the molecule is O=C(C1CCC1)N1CCCC(C2NNCC2c2cccc3ccccc23)C1. The Morgan fingerprint density at radius 3 is 2.70 bits per heavy atom. The van der Waals surface area contributed by atoms with Crippen LogP contribution in [0.25, 0.3) is 10.8 Å². The number of benzene rings is 2. The molecule has 2 aromatic rings. The Morgan fingerprint density at radius 2 is 1.85 bits per heavy atom. The monoisotopic (exact) mass is 363 g/mol. The Labute approximate surface area is 161 Å². The Morgan fingerprint density at radius 1 is 1.00 bits per heavy atom. The number of amides is 1. The second kappa shape index (κ2) is 7.25. The molecule has 3 aliphatic rings. The minimum atomic E-state index is 0.312. The molecule has 3 unspecified atom stereocenters. The molecule has 0 spiro atoms. The van der Waals surface area contributed by atoms with Crippen LogP contribution in [0.15, 0.2) is 42.5 Å². The van der Waals surface area contributed by atoms with Gasteiger partial charge in [0, 0.05) is 37.5 Å². The highest BCUT2D eigenvalue weighted by Gasteiger charge is 2.39. The first kappa shape index (κ1) is 17.2. The maximum atomic E-state index is 12.8. The smallest absolute Gasteiger partial charge is 0.225 e. The molecule has 142 valence electrons. The summed E-state index contributed by atoms with van der Waals surface area (Å²) < 4.78 is 0. The summed E-state index contributed by atoms with van der Waals surface area (Å²) in [6.07, 6.45) is 5.76. The summed E-state index contributed by atoms with van der Waals surface area (Å²) in [6.45, 7) is 2.81. The third-order valence-electron chi connectivity index (χ3n) is 6.98. The van der Waals surface area contributed by atoms with Crippen LogP contribution in [-0.2, 0) is 4.79 Å². The molecule has 5 rings (SSSR count). The molecule has 1 aliphatic carbocycles. The van der Waals surface area contributed by atoms with Crippen LogP contribution < -0.4 is 10.9 Å². The molecular weight excluding hydrogens is 334 g/mol. The van der Waals surface area contributed by atoms with Crippen molar-refractivity contribution >= 4 is 16.7 Å². The lowest BCUT2D eigenvalue weighted by atomic mass is 9.79. The normalized spacial score (nSPS) is 29.0. The van der Waals surface area contributed by atoms with Gasteiger partial charge in [0.1, 0.15) is 0 Å². The summed E-state index contributed by atoms with van der Waals surface area (Å²) in [5, 5.41) is 2.67. The zero-order valence-corrected chi connectivity index (χ0v) is 15.9. The van der Waals surface area contributed by atoms with E-state index < -0.39 is 0 Å². The van der Waals surface area contributed by atoms with Crippen molar-refractivity contribution in [2.75, 3.05) is 19.6 Å². The van der Waals surface area contributed by atoms with Crippen molar-refractivity contribution in [2.45, 2.75) is 44.1 Å². The third-order valence-corrected chi connectivity index (χ3v) is 6.98. The number of likely N-dealkylation sites (tertiary alicyclic amines) is 1. The van der Waals surface area contributed by atoms with Crippen LogP contribution in [-0.4, -0.2) is 36.5 Å². The molecule has 2 saturated heterocycles. The van der Waals surface area contributed by atoms with Gasteiger partial charge in [-0.2, -0.15) is 0 Å². The van der Waals surface area contributed by atoms with Gasteiger partial charge in [0.05, 0.1) is 0 Å². The fourth-order valence-electron chi connectivity index (χ4n) is 5.25.